The van der Waals surface area contributed by atoms with Crippen LogP contribution in [0.15, 0.2) is 72.8 Å². The zero-order valence-corrected chi connectivity index (χ0v) is 18.1. The number of aromatic nitrogens is 2. The SMILES string of the molecule is C[C@@H](O)CN(Cc1ccc2c(c1)OCO2)Cc1nc2ccccc2n1Cc1ccccc1. The van der Waals surface area contributed by atoms with Crippen molar-refractivity contribution >= 4 is 11.0 Å². The van der Waals surface area contributed by atoms with Crippen LogP contribution >= 0.6 is 0 Å². The third-order valence-corrected chi connectivity index (χ3v) is 5.65. The van der Waals surface area contributed by atoms with Crippen LogP contribution < -0.4 is 9.47 Å². The highest BCUT2D eigenvalue weighted by Crippen LogP contribution is 2.33. The molecule has 0 amide bonds. The van der Waals surface area contributed by atoms with E-state index < -0.39 is 6.10 Å². The topological polar surface area (TPSA) is 59.8 Å². The second-order valence-electron chi connectivity index (χ2n) is 8.29. The highest BCUT2D eigenvalue weighted by atomic mass is 16.7. The Morgan fingerprint density at radius 2 is 1.72 bits per heavy atom. The molecule has 6 nitrogen and oxygen atoms in total. The Hall–Kier alpha value is -3.35. The number of hydrogen-bond donors (Lipinski definition) is 1. The number of rotatable bonds is 8. The molecule has 0 fully saturated rings. The van der Waals surface area contributed by atoms with E-state index >= 15 is 0 Å². The van der Waals surface area contributed by atoms with Crippen LogP contribution in [0.25, 0.3) is 11.0 Å². The minimum absolute atomic E-state index is 0.264. The predicted molar refractivity (Wildman–Crippen MR) is 124 cm³/mol. The molecule has 1 aliphatic heterocycles. The lowest BCUT2D eigenvalue weighted by atomic mass is 10.1. The van der Waals surface area contributed by atoms with Crippen molar-refractivity contribution in [3.63, 3.8) is 0 Å². The summed E-state index contributed by atoms with van der Waals surface area (Å²) in [5, 5.41) is 10.2. The highest BCUT2D eigenvalue weighted by Gasteiger charge is 2.19. The second kappa shape index (κ2) is 9.02. The summed E-state index contributed by atoms with van der Waals surface area (Å²) < 4.78 is 13.3. The summed E-state index contributed by atoms with van der Waals surface area (Å²) >= 11 is 0. The van der Waals surface area contributed by atoms with E-state index in [1.54, 1.807) is 0 Å². The molecule has 0 unspecified atom stereocenters. The van der Waals surface area contributed by atoms with Crippen molar-refractivity contribution in [2.24, 2.45) is 0 Å². The Morgan fingerprint density at radius 3 is 2.56 bits per heavy atom. The van der Waals surface area contributed by atoms with Crippen LogP contribution in [0.2, 0.25) is 0 Å². The fourth-order valence-corrected chi connectivity index (χ4v) is 4.24. The minimum Gasteiger partial charge on any atom is -0.454 e. The Balaban J connectivity index is 1.45. The van der Waals surface area contributed by atoms with Gasteiger partial charge in [0.25, 0.3) is 0 Å². The summed E-state index contributed by atoms with van der Waals surface area (Å²) in [5.41, 5.74) is 4.44. The molecule has 3 aromatic carbocycles. The molecule has 0 bridgehead atoms. The van der Waals surface area contributed by atoms with Gasteiger partial charge in [0.05, 0.1) is 23.7 Å². The lowest BCUT2D eigenvalue weighted by Crippen LogP contribution is -2.31. The van der Waals surface area contributed by atoms with E-state index in [1.807, 2.05) is 31.2 Å². The first-order valence-electron chi connectivity index (χ1n) is 10.9. The van der Waals surface area contributed by atoms with Gasteiger partial charge in [0.2, 0.25) is 6.79 Å². The lowest BCUT2D eigenvalue weighted by molar-refractivity contribution is 0.116. The zero-order chi connectivity index (χ0) is 21.9. The van der Waals surface area contributed by atoms with Gasteiger partial charge in [0.15, 0.2) is 11.5 Å². The zero-order valence-electron chi connectivity index (χ0n) is 18.1. The Bertz CT molecular complexity index is 1200. The molecule has 0 radical (unpaired) electrons. The van der Waals surface area contributed by atoms with Gasteiger partial charge in [0.1, 0.15) is 5.82 Å². The van der Waals surface area contributed by atoms with Gasteiger partial charge >= 0.3 is 0 Å². The summed E-state index contributed by atoms with van der Waals surface area (Å²) in [7, 11) is 0. The number of benzene rings is 3. The lowest BCUT2D eigenvalue weighted by Gasteiger charge is -2.24. The van der Waals surface area contributed by atoms with Gasteiger partial charge in [-0.3, -0.25) is 4.90 Å². The third kappa shape index (κ3) is 4.47. The molecular formula is C26H27N3O3. The van der Waals surface area contributed by atoms with Crippen molar-refractivity contribution in [1.82, 2.24) is 14.5 Å². The van der Waals surface area contributed by atoms with Crippen LogP contribution in [-0.2, 0) is 19.6 Å². The average molecular weight is 430 g/mol. The summed E-state index contributed by atoms with van der Waals surface area (Å²) in [4.78, 5) is 7.18. The van der Waals surface area contributed by atoms with Crippen LogP contribution in [0, 0.1) is 0 Å². The molecule has 0 spiro atoms. The fraction of sp³-hybridized carbons (Fsp3) is 0.269. The summed E-state index contributed by atoms with van der Waals surface area (Å²) in [6.07, 6.45) is -0.448. The largest absolute Gasteiger partial charge is 0.454 e. The molecule has 0 saturated heterocycles. The maximum atomic E-state index is 10.2. The van der Waals surface area contributed by atoms with Crippen LogP contribution in [0.3, 0.4) is 0 Å². The maximum absolute atomic E-state index is 10.2. The van der Waals surface area contributed by atoms with Crippen molar-refractivity contribution < 1.29 is 14.6 Å². The van der Waals surface area contributed by atoms with E-state index in [9.17, 15) is 5.11 Å². The molecule has 32 heavy (non-hydrogen) atoms. The smallest absolute Gasteiger partial charge is 0.231 e. The number of aliphatic hydroxyl groups excluding tert-OH is 1. The van der Waals surface area contributed by atoms with Crippen molar-refractivity contribution in [3.05, 3.63) is 89.7 Å². The number of nitrogens with zero attached hydrogens (tertiary/aromatic N) is 3. The predicted octanol–water partition coefficient (Wildman–Crippen LogP) is 4.20. The van der Waals surface area contributed by atoms with E-state index in [-0.39, 0.29) is 6.79 Å². The van der Waals surface area contributed by atoms with Gasteiger partial charge in [-0.25, -0.2) is 4.98 Å². The van der Waals surface area contributed by atoms with E-state index in [4.69, 9.17) is 14.5 Å². The highest BCUT2D eigenvalue weighted by molar-refractivity contribution is 5.76. The molecule has 2 heterocycles. The van der Waals surface area contributed by atoms with Gasteiger partial charge in [-0.15, -0.1) is 0 Å². The normalized spacial score (nSPS) is 13.7. The molecular weight excluding hydrogens is 402 g/mol. The van der Waals surface area contributed by atoms with Gasteiger partial charge in [0, 0.05) is 19.6 Å². The summed E-state index contributed by atoms with van der Waals surface area (Å²) in [6, 6.07) is 24.7. The summed E-state index contributed by atoms with van der Waals surface area (Å²) in [6.45, 7) is 4.68. The monoisotopic (exact) mass is 429 g/mol. The van der Waals surface area contributed by atoms with Gasteiger partial charge in [-0.2, -0.15) is 0 Å². The van der Waals surface area contributed by atoms with Crippen molar-refractivity contribution in [1.29, 1.82) is 0 Å². The average Bonchev–Trinajstić information content (AvgIpc) is 3.38. The van der Waals surface area contributed by atoms with Crippen molar-refractivity contribution in [3.8, 4) is 11.5 Å². The minimum atomic E-state index is -0.448. The molecule has 0 aliphatic carbocycles. The van der Waals surface area contributed by atoms with Gasteiger partial charge in [-0.1, -0.05) is 48.5 Å². The molecule has 6 heteroatoms. The second-order valence-corrected chi connectivity index (χ2v) is 8.29. The Kier molecular flexibility index (Phi) is 5.79. The van der Waals surface area contributed by atoms with E-state index in [0.717, 1.165) is 40.5 Å². The first kappa shape index (κ1) is 20.5. The molecule has 164 valence electrons. The van der Waals surface area contributed by atoms with E-state index in [1.165, 1.54) is 5.56 Å². The number of aliphatic hydroxyl groups is 1. The Labute approximate surface area is 187 Å². The Morgan fingerprint density at radius 1 is 0.938 bits per heavy atom. The number of fused-ring (bicyclic) bond motifs is 2. The standard InChI is InChI=1S/C26H27N3O3/c1-19(30)14-28(15-21-11-12-24-25(13-21)32-18-31-24)17-26-27-22-9-5-6-10-23(22)29(26)16-20-7-3-2-4-8-20/h2-13,19,30H,14-18H2,1H3/t19-/m1/s1. The van der Waals surface area contributed by atoms with E-state index in [0.29, 0.717) is 19.6 Å². The fourth-order valence-electron chi connectivity index (χ4n) is 4.24. The molecule has 4 aromatic rings. The summed E-state index contributed by atoms with van der Waals surface area (Å²) in [5.74, 6) is 2.53. The molecule has 1 aliphatic rings. The van der Waals surface area contributed by atoms with Crippen LogP contribution in [-0.4, -0.2) is 39.0 Å². The van der Waals surface area contributed by atoms with Gasteiger partial charge < -0.3 is 19.1 Å². The molecule has 5 rings (SSSR count). The van der Waals surface area contributed by atoms with Crippen molar-refractivity contribution in [2.75, 3.05) is 13.3 Å². The number of hydrogen-bond acceptors (Lipinski definition) is 5. The van der Waals surface area contributed by atoms with Gasteiger partial charge in [-0.05, 0) is 42.3 Å². The molecule has 1 N–H and O–H groups in total. The van der Waals surface area contributed by atoms with Crippen LogP contribution in [0.1, 0.15) is 23.9 Å². The first-order chi connectivity index (χ1) is 15.7. The number of imidazole rings is 1. The molecule has 1 aromatic heterocycles. The quantitative estimate of drug-likeness (QED) is 0.455. The number of ether oxygens (including phenoxy) is 2. The maximum Gasteiger partial charge on any atom is 0.231 e. The van der Waals surface area contributed by atoms with Crippen molar-refractivity contribution in [2.45, 2.75) is 32.7 Å². The molecule has 0 saturated carbocycles. The first-order valence-corrected chi connectivity index (χ1v) is 10.9. The van der Waals surface area contributed by atoms with E-state index in [2.05, 4.69) is 58.0 Å². The third-order valence-electron chi connectivity index (χ3n) is 5.65. The molecule has 1 atom stereocenters. The van der Waals surface area contributed by atoms with Crippen LogP contribution in [0.4, 0.5) is 0 Å². The van der Waals surface area contributed by atoms with Crippen LogP contribution in [0.5, 0.6) is 11.5 Å². The number of para-hydroxylation sites is 2.